The van der Waals surface area contributed by atoms with Crippen LogP contribution in [0.3, 0.4) is 0 Å². The predicted molar refractivity (Wildman–Crippen MR) is 112 cm³/mol. The van der Waals surface area contributed by atoms with E-state index < -0.39 is 34.6 Å². The van der Waals surface area contributed by atoms with Gasteiger partial charge in [-0.15, -0.1) is 0 Å². The van der Waals surface area contributed by atoms with Crippen LogP contribution in [0.25, 0.3) is 11.3 Å². The van der Waals surface area contributed by atoms with E-state index in [-0.39, 0.29) is 23.9 Å². The number of aromatic nitrogens is 2. The molecule has 1 saturated heterocycles. The van der Waals surface area contributed by atoms with Crippen molar-refractivity contribution >= 4 is 11.6 Å². The molecule has 0 radical (unpaired) electrons. The first kappa shape index (κ1) is 21.9. The number of hydrogen-bond donors (Lipinski definition) is 2. The largest absolute Gasteiger partial charge is 0.370 e. The summed E-state index contributed by atoms with van der Waals surface area (Å²) in [5.41, 5.74) is 5.75. The molecule has 0 unspecified atom stereocenters. The van der Waals surface area contributed by atoms with Crippen molar-refractivity contribution < 1.29 is 22.7 Å². The van der Waals surface area contributed by atoms with Gasteiger partial charge in [0.05, 0.1) is 29.7 Å². The Kier molecular flexibility index (Phi) is 6.20. The van der Waals surface area contributed by atoms with Crippen molar-refractivity contribution in [1.82, 2.24) is 9.97 Å². The average molecular weight is 442 g/mol. The van der Waals surface area contributed by atoms with Crippen molar-refractivity contribution in [1.29, 1.82) is 0 Å². The molecule has 6 nitrogen and oxygen atoms in total. The number of amides is 1. The molecule has 0 bridgehead atoms. The number of pyridine rings is 2. The highest BCUT2D eigenvalue weighted by atomic mass is 19.1. The number of ether oxygens (including phenoxy) is 1. The molecule has 0 aliphatic carbocycles. The number of nitrogens with zero attached hydrogens (tertiary/aromatic N) is 2. The number of anilines is 1. The summed E-state index contributed by atoms with van der Waals surface area (Å²) in [5, 5.41) is 2.69. The van der Waals surface area contributed by atoms with E-state index in [1.54, 1.807) is 12.3 Å². The normalized spacial score (nSPS) is 20.7. The molecule has 3 heterocycles. The van der Waals surface area contributed by atoms with E-state index in [2.05, 4.69) is 15.3 Å². The topological polar surface area (TPSA) is 90.1 Å². The van der Waals surface area contributed by atoms with Crippen LogP contribution in [0.4, 0.5) is 18.9 Å². The second kappa shape index (κ2) is 9.05. The molecule has 1 amide bonds. The highest BCUT2D eigenvalue weighted by molar-refractivity contribution is 6.03. The van der Waals surface area contributed by atoms with Crippen molar-refractivity contribution in [2.75, 3.05) is 5.32 Å². The summed E-state index contributed by atoms with van der Waals surface area (Å²) >= 11 is 0. The Bertz CT molecular complexity index is 1130. The molecule has 1 aliphatic heterocycles. The highest BCUT2D eigenvalue weighted by Gasteiger charge is 2.28. The zero-order chi connectivity index (χ0) is 22.8. The minimum absolute atomic E-state index is 0.0440. The summed E-state index contributed by atoms with van der Waals surface area (Å²) in [7, 11) is 0. The standard InChI is InChI=1S/C23H21F3N4O2/c1-12-9-13(27)10-20(32-12)14-7-8-28-11-19(14)30-23(31)18-6-5-17(26)22(29-18)21-15(24)3-2-4-16(21)25/h2-8,11-13,20H,9-10,27H2,1H3,(H,30,31)/t12-,13+,20-/m0/s1. The van der Waals surface area contributed by atoms with Crippen molar-refractivity contribution in [2.24, 2.45) is 5.73 Å². The van der Waals surface area contributed by atoms with Crippen LogP contribution in [0.5, 0.6) is 0 Å². The van der Waals surface area contributed by atoms with Gasteiger partial charge in [-0.2, -0.15) is 0 Å². The van der Waals surface area contributed by atoms with Gasteiger partial charge in [-0.3, -0.25) is 9.78 Å². The van der Waals surface area contributed by atoms with Gasteiger partial charge in [0.15, 0.2) is 0 Å². The smallest absolute Gasteiger partial charge is 0.274 e. The zero-order valence-electron chi connectivity index (χ0n) is 17.2. The molecule has 32 heavy (non-hydrogen) atoms. The van der Waals surface area contributed by atoms with Crippen molar-refractivity contribution in [3.05, 3.63) is 77.5 Å². The zero-order valence-corrected chi connectivity index (χ0v) is 17.2. The molecular formula is C23H21F3N4O2. The first-order valence-electron chi connectivity index (χ1n) is 10.1. The van der Waals surface area contributed by atoms with Crippen molar-refractivity contribution in [3.63, 3.8) is 0 Å². The lowest BCUT2D eigenvalue weighted by molar-refractivity contribution is -0.0483. The van der Waals surface area contributed by atoms with Crippen molar-refractivity contribution in [3.8, 4) is 11.3 Å². The van der Waals surface area contributed by atoms with Crippen LogP contribution >= 0.6 is 0 Å². The van der Waals surface area contributed by atoms with Crippen LogP contribution < -0.4 is 11.1 Å². The maximum Gasteiger partial charge on any atom is 0.274 e. The summed E-state index contributed by atoms with van der Waals surface area (Å²) in [5.74, 6) is -3.61. The number of hydrogen-bond acceptors (Lipinski definition) is 5. The van der Waals surface area contributed by atoms with Gasteiger partial charge in [0.1, 0.15) is 28.8 Å². The molecule has 0 saturated carbocycles. The summed E-state index contributed by atoms with van der Waals surface area (Å²) in [4.78, 5) is 20.8. The lowest BCUT2D eigenvalue weighted by atomic mass is 9.95. The Morgan fingerprint density at radius 2 is 1.84 bits per heavy atom. The highest BCUT2D eigenvalue weighted by Crippen LogP contribution is 2.34. The van der Waals surface area contributed by atoms with E-state index in [9.17, 15) is 18.0 Å². The van der Waals surface area contributed by atoms with E-state index in [0.717, 1.165) is 36.8 Å². The summed E-state index contributed by atoms with van der Waals surface area (Å²) in [6.07, 6.45) is 3.96. The fourth-order valence-electron chi connectivity index (χ4n) is 3.83. The SMILES string of the molecule is C[C@H]1C[C@@H](N)C[C@@H](c2ccncc2NC(=O)c2ccc(F)c(-c3c(F)cccc3F)n2)O1. The Hall–Kier alpha value is -3.30. The van der Waals surface area contributed by atoms with Crippen LogP contribution in [0.15, 0.2) is 48.8 Å². The minimum Gasteiger partial charge on any atom is -0.370 e. The maximum absolute atomic E-state index is 14.3. The minimum atomic E-state index is -0.983. The molecule has 166 valence electrons. The molecular weight excluding hydrogens is 421 g/mol. The lowest BCUT2D eigenvalue weighted by Gasteiger charge is -2.33. The van der Waals surface area contributed by atoms with Crippen molar-refractivity contribution in [2.45, 2.75) is 38.0 Å². The second-order valence-electron chi connectivity index (χ2n) is 7.71. The van der Waals surface area contributed by atoms with Gasteiger partial charge in [-0.25, -0.2) is 18.2 Å². The Morgan fingerprint density at radius 1 is 1.09 bits per heavy atom. The predicted octanol–water partition coefficient (Wildman–Crippen LogP) is 4.38. The van der Waals surface area contributed by atoms with Gasteiger partial charge in [0, 0.05) is 17.8 Å². The second-order valence-corrected chi connectivity index (χ2v) is 7.71. The van der Waals surface area contributed by atoms with Crippen LogP contribution in [0, 0.1) is 17.5 Å². The number of carbonyl (C=O) groups excluding carboxylic acids is 1. The third-order valence-electron chi connectivity index (χ3n) is 5.28. The van der Waals surface area contributed by atoms with Gasteiger partial charge in [-0.1, -0.05) is 6.07 Å². The van der Waals surface area contributed by atoms with Gasteiger partial charge in [0.25, 0.3) is 5.91 Å². The molecule has 0 spiro atoms. The van der Waals surface area contributed by atoms with Gasteiger partial charge in [-0.05, 0) is 50.1 Å². The van der Waals surface area contributed by atoms with Crippen LogP contribution in [-0.4, -0.2) is 28.0 Å². The third-order valence-corrected chi connectivity index (χ3v) is 5.28. The van der Waals surface area contributed by atoms with E-state index in [1.165, 1.54) is 6.20 Å². The fourth-order valence-corrected chi connectivity index (χ4v) is 3.83. The molecule has 3 N–H and O–H groups in total. The molecule has 1 aromatic carbocycles. The number of carbonyl (C=O) groups is 1. The average Bonchev–Trinajstić information content (AvgIpc) is 2.74. The Labute approximate surface area is 182 Å². The first-order chi connectivity index (χ1) is 15.3. The fraction of sp³-hybridized carbons (Fsp3) is 0.261. The third kappa shape index (κ3) is 4.49. The summed E-state index contributed by atoms with van der Waals surface area (Å²) < 4.78 is 48.6. The first-order valence-corrected chi connectivity index (χ1v) is 10.1. The molecule has 1 aliphatic rings. The molecule has 3 atom stereocenters. The number of rotatable bonds is 4. The lowest BCUT2D eigenvalue weighted by Crippen LogP contribution is -2.35. The maximum atomic E-state index is 14.3. The Balaban J connectivity index is 1.64. The van der Waals surface area contributed by atoms with E-state index in [0.29, 0.717) is 17.7 Å². The summed E-state index contributed by atoms with van der Waals surface area (Å²) in [6.45, 7) is 1.93. The number of halogens is 3. The number of nitrogens with one attached hydrogen (secondary N) is 1. The molecule has 4 rings (SSSR count). The van der Waals surface area contributed by atoms with Gasteiger partial charge < -0.3 is 15.8 Å². The van der Waals surface area contributed by atoms with Gasteiger partial charge >= 0.3 is 0 Å². The monoisotopic (exact) mass is 442 g/mol. The van der Waals surface area contributed by atoms with Gasteiger partial charge in [0.2, 0.25) is 0 Å². The molecule has 2 aromatic heterocycles. The van der Waals surface area contributed by atoms with E-state index in [1.807, 2.05) is 6.92 Å². The number of benzene rings is 1. The quantitative estimate of drug-likeness (QED) is 0.626. The van der Waals surface area contributed by atoms with Crippen LogP contribution in [0.1, 0.15) is 41.9 Å². The van der Waals surface area contributed by atoms with E-state index >= 15 is 0 Å². The summed E-state index contributed by atoms with van der Waals surface area (Å²) in [6, 6.07) is 6.90. The van der Waals surface area contributed by atoms with Crippen LogP contribution in [-0.2, 0) is 4.74 Å². The number of nitrogens with two attached hydrogens (primary N) is 1. The van der Waals surface area contributed by atoms with E-state index in [4.69, 9.17) is 10.5 Å². The molecule has 3 aromatic rings. The molecule has 1 fully saturated rings. The Morgan fingerprint density at radius 3 is 2.56 bits per heavy atom. The molecule has 9 heteroatoms. The van der Waals surface area contributed by atoms with Crippen LogP contribution in [0.2, 0.25) is 0 Å².